The summed E-state index contributed by atoms with van der Waals surface area (Å²) in [5.41, 5.74) is -0.0449. The second-order valence-electron chi connectivity index (χ2n) is 4.32. The molecule has 0 atom stereocenters. The van der Waals surface area contributed by atoms with Gasteiger partial charge in [0.05, 0.1) is 15.6 Å². The van der Waals surface area contributed by atoms with Crippen LogP contribution in [0.5, 0.6) is 0 Å². The number of benzene rings is 2. The van der Waals surface area contributed by atoms with Gasteiger partial charge >= 0.3 is 0 Å². The van der Waals surface area contributed by atoms with Crippen molar-refractivity contribution < 1.29 is 12.8 Å². The van der Waals surface area contributed by atoms with Crippen LogP contribution in [0.15, 0.2) is 58.5 Å². The Hall–Kier alpha value is -2.07. The van der Waals surface area contributed by atoms with Crippen molar-refractivity contribution in [3.05, 3.63) is 69.4 Å². The number of nitriles is 1. The van der Waals surface area contributed by atoms with Crippen LogP contribution < -0.4 is 5.32 Å². The monoisotopic (exact) mass is 370 g/mol. The van der Waals surface area contributed by atoms with Gasteiger partial charge in [0.2, 0.25) is 9.84 Å². The number of hydrogen-bond donors (Lipinski definition) is 1. The molecule has 0 radical (unpaired) electrons. The number of rotatable bonds is 4. The van der Waals surface area contributed by atoms with Crippen molar-refractivity contribution in [1.29, 1.82) is 5.26 Å². The molecule has 4 nitrogen and oxygen atoms in total. The molecule has 0 aliphatic heterocycles. The van der Waals surface area contributed by atoms with Crippen LogP contribution >= 0.6 is 23.2 Å². The summed E-state index contributed by atoms with van der Waals surface area (Å²) in [7, 11) is -4.04. The minimum Gasteiger partial charge on any atom is -0.357 e. The molecule has 0 saturated heterocycles. The molecule has 0 aliphatic rings. The Labute approximate surface area is 142 Å². The van der Waals surface area contributed by atoms with E-state index in [1.165, 1.54) is 42.5 Å². The van der Waals surface area contributed by atoms with Gasteiger partial charge in [0.15, 0.2) is 10.7 Å². The van der Waals surface area contributed by atoms with Gasteiger partial charge in [0.25, 0.3) is 0 Å². The molecule has 2 aromatic rings. The third kappa shape index (κ3) is 3.82. The summed E-state index contributed by atoms with van der Waals surface area (Å²) in [6.07, 6.45) is 0.915. The van der Waals surface area contributed by atoms with Crippen LogP contribution in [0.1, 0.15) is 0 Å². The first-order chi connectivity index (χ1) is 10.9. The minimum atomic E-state index is -4.04. The zero-order chi connectivity index (χ0) is 17.0. The standard InChI is InChI=1S/C15H9Cl2FN2O2S/c16-10-4-6-11(7-5-10)23(21,22)12(8-19)9-20-14-3-1-2-13(17)15(14)18/h1-7,9,20H/b12-9+. The van der Waals surface area contributed by atoms with Gasteiger partial charge < -0.3 is 5.32 Å². The summed E-state index contributed by atoms with van der Waals surface area (Å²) in [5, 5.41) is 11.8. The van der Waals surface area contributed by atoms with Crippen LogP contribution in [0, 0.1) is 17.1 Å². The molecule has 0 amide bonds. The lowest BCUT2D eigenvalue weighted by Crippen LogP contribution is -2.06. The van der Waals surface area contributed by atoms with Gasteiger partial charge in [0, 0.05) is 11.2 Å². The second kappa shape index (κ2) is 7.01. The lowest BCUT2D eigenvalue weighted by molar-refractivity contribution is 0.603. The molecular weight excluding hydrogens is 362 g/mol. The number of halogens is 3. The maximum Gasteiger partial charge on any atom is 0.218 e. The number of nitrogens with zero attached hydrogens (tertiary/aromatic N) is 1. The van der Waals surface area contributed by atoms with E-state index in [0.717, 1.165) is 6.20 Å². The Bertz CT molecular complexity index is 904. The Morgan fingerprint density at radius 1 is 1.17 bits per heavy atom. The first-order valence-corrected chi connectivity index (χ1v) is 8.41. The molecule has 0 unspecified atom stereocenters. The highest BCUT2D eigenvalue weighted by Gasteiger charge is 2.21. The maximum atomic E-state index is 13.7. The zero-order valence-electron chi connectivity index (χ0n) is 11.4. The van der Waals surface area contributed by atoms with Crippen molar-refractivity contribution in [2.24, 2.45) is 0 Å². The Balaban J connectivity index is 2.37. The lowest BCUT2D eigenvalue weighted by atomic mass is 10.3. The molecule has 2 rings (SSSR count). The molecule has 2 aromatic carbocycles. The SMILES string of the molecule is N#C/C(=C\Nc1cccc(Cl)c1F)S(=O)(=O)c1ccc(Cl)cc1. The van der Waals surface area contributed by atoms with Gasteiger partial charge in [0.1, 0.15) is 6.07 Å². The first kappa shape index (κ1) is 17.3. The number of nitrogens with one attached hydrogen (secondary N) is 1. The van der Waals surface area contributed by atoms with Crippen LogP contribution in [0.4, 0.5) is 10.1 Å². The van der Waals surface area contributed by atoms with Crippen molar-refractivity contribution in [2.75, 3.05) is 5.32 Å². The molecule has 0 aliphatic carbocycles. The van der Waals surface area contributed by atoms with E-state index in [9.17, 15) is 12.8 Å². The molecule has 0 spiro atoms. The van der Waals surface area contributed by atoms with Gasteiger partial charge in [-0.1, -0.05) is 29.3 Å². The van der Waals surface area contributed by atoms with Crippen molar-refractivity contribution in [3.8, 4) is 6.07 Å². The molecule has 0 aromatic heterocycles. The van der Waals surface area contributed by atoms with Gasteiger partial charge in [-0.15, -0.1) is 0 Å². The predicted octanol–water partition coefficient (Wildman–Crippen LogP) is 4.38. The molecule has 1 N–H and O–H groups in total. The van der Waals surface area contributed by atoms with E-state index in [2.05, 4.69) is 5.32 Å². The second-order valence-corrected chi connectivity index (χ2v) is 7.09. The maximum absolute atomic E-state index is 13.7. The average molecular weight is 371 g/mol. The summed E-state index contributed by atoms with van der Waals surface area (Å²) in [4.78, 5) is -0.665. The van der Waals surface area contributed by atoms with Gasteiger partial charge in [-0.3, -0.25) is 0 Å². The quantitative estimate of drug-likeness (QED) is 0.810. The number of sulfone groups is 1. The predicted molar refractivity (Wildman–Crippen MR) is 87.4 cm³/mol. The highest BCUT2D eigenvalue weighted by molar-refractivity contribution is 7.95. The Morgan fingerprint density at radius 2 is 1.83 bits per heavy atom. The van der Waals surface area contributed by atoms with Crippen LogP contribution in [0.2, 0.25) is 10.0 Å². The summed E-state index contributed by atoms with van der Waals surface area (Å²) < 4.78 is 38.5. The number of hydrogen-bond acceptors (Lipinski definition) is 4. The molecular formula is C15H9Cl2FN2O2S. The van der Waals surface area contributed by atoms with Crippen molar-refractivity contribution in [2.45, 2.75) is 4.90 Å². The Morgan fingerprint density at radius 3 is 2.43 bits per heavy atom. The van der Waals surface area contributed by atoms with E-state index in [4.69, 9.17) is 28.5 Å². The third-order valence-electron chi connectivity index (χ3n) is 2.83. The normalized spacial score (nSPS) is 11.8. The molecule has 23 heavy (non-hydrogen) atoms. The molecule has 8 heteroatoms. The highest BCUT2D eigenvalue weighted by Crippen LogP contribution is 2.24. The summed E-state index contributed by atoms with van der Waals surface area (Å²) in [6, 6.07) is 11.1. The van der Waals surface area contributed by atoms with Crippen molar-refractivity contribution >= 4 is 38.7 Å². The fourth-order valence-electron chi connectivity index (χ4n) is 1.67. The zero-order valence-corrected chi connectivity index (χ0v) is 13.8. The summed E-state index contributed by atoms with van der Waals surface area (Å²) in [6.45, 7) is 0. The van der Waals surface area contributed by atoms with Gasteiger partial charge in [-0.2, -0.15) is 5.26 Å². The highest BCUT2D eigenvalue weighted by atomic mass is 35.5. The van der Waals surface area contributed by atoms with Gasteiger partial charge in [-0.05, 0) is 36.4 Å². The first-order valence-electron chi connectivity index (χ1n) is 6.17. The molecule has 0 bridgehead atoms. The van der Waals surface area contributed by atoms with E-state index in [0.29, 0.717) is 5.02 Å². The molecule has 0 saturated carbocycles. The largest absolute Gasteiger partial charge is 0.357 e. The van der Waals surface area contributed by atoms with E-state index < -0.39 is 20.6 Å². The lowest BCUT2D eigenvalue weighted by Gasteiger charge is -2.06. The number of allylic oxidation sites excluding steroid dienone is 1. The van der Waals surface area contributed by atoms with Crippen LogP contribution in [0.25, 0.3) is 0 Å². The average Bonchev–Trinajstić information content (AvgIpc) is 2.52. The van der Waals surface area contributed by atoms with E-state index >= 15 is 0 Å². The van der Waals surface area contributed by atoms with Crippen molar-refractivity contribution in [3.63, 3.8) is 0 Å². The smallest absolute Gasteiger partial charge is 0.218 e. The fraction of sp³-hybridized carbons (Fsp3) is 0. The van der Waals surface area contributed by atoms with Crippen LogP contribution in [-0.4, -0.2) is 8.42 Å². The topological polar surface area (TPSA) is 70.0 Å². The van der Waals surface area contributed by atoms with E-state index in [1.807, 2.05) is 0 Å². The molecule has 0 heterocycles. The van der Waals surface area contributed by atoms with Gasteiger partial charge in [-0.25, -0.2) is 12.8 Å². The third-order valence-corrected chi connectivity index (χ3v) is 5.06. The van der Waals surface area contributed by atoms with Crippen molar-refractivity contribution in [1.82, 2.24) is 0 Å². The molecule has 0 fully saturated rings. The Kier molecular flexibility index (Phi) is 5.26. The summed E-state index contributed by atoms with van der Waals surface area (Å²) >= 11 is 11.3. The van der Waals surface area contributed by atoms with E-state index in [-0.39, 0.29) is 15.6 Å². The fourth-order valence-corrected chi connectivity index (χ4v) is 3.05. The number of anilines is 1. The van der Waals surface area contributed by atoms with Crippen LogP contribution in [0.3, 0.4) is 0 Å². The summed E-state index contributed by atoms with van der Waals surface area (Å²) in [5.74, 6) is -0.744. The molecule has 118 valence electrons. The minimum absolute atomic E-state index is 0.0449. The van der Waals surface area contributed by atoms with Crippen LogP contribution in [-0.2, 0) is 9.84 Å². The van der Waals surface area contributed by atoms with E-state index in [1.54, 1.807) is 6.07 Å².